The van der Waals surface area contributed by atoms with Gasteiger partial charge in [-0.3, -0.25) is 8.75 Å². The minimum Gasteiger partial charge on any atom is -0.268 e. The van der Waals surface area contributed by atoms with E-state index < -0.39 is 0 Å². The summed E-state index contributed by atoms with van der Waals surface area (Å²) in [6, 6.07) is 8.12. The molecule has 1 heterocycles. The first-order chi connectivity index (χ1) is 9.73. The monoisotopic (exact) mass is 285 g/mol. The molecule has 0 atom stereocenters. The zero-order chi connectivity index (χ0) is 13.3. The lowest BCUT2D eigenvalue weighted by molar-refractivity contribution is -0.0388. The van der Waals surface area contributed by atoms with Gasteiger partial charge in [0.1, 0.15) is 0 Å². The second-order valence-corrected chi connectivity index (χ2v) is 8.32. The zero-order valence-electron chi connectivity index (χ0n) is 11.5. The maximum Gasteiger partial charge on any atom is 0.269 e. The third kappa shape index (κ3) is 1.42. The first-order valence-electron chi connectivity index (χ1n) is 7.85. The third-order valence-corrected chi connectivity index (χ3v) is 7.22. The second kappa shape index (κ2) is 3.76. The van der Waals surface area contributed by atoms with Crippen LogP contribution in [0.5, 0.6) is 0 Å². The van der Waals surface area contributed by atoms with E-state index in [1.807, 2.05) is 18.2 Å². The largest absolute Gasteiger partial charge is 0.269 e. The number of hydrogen-bond acceptors (Lipinski definition) is 2. The first-order valence-corrected chi connectivity index (χ1v) is 8.62. The van der Waals surface area contributed by atoms with Crippen molar-refractivity contribution in [1.29, 1.82) is 0 Å². The van der Waals surface area contributed by atoms with Crippen molar-refractivity contribution in [3.63, 3.8) is 0 Å². The fraction of sp³-hybridized carbons (Fsp3) is 0.588. The molecule has 0 saturated heterocycles. The Morgan fingerprint density at radius 3 is 2.20 bits per heavy atom. The number of rotatable bonds is 1. The quantitative estimate of drug-likeness (QED) is 0.776. The van der Waals surface area contributed by atoms with Crippen molar-refractivity contribution in [3.8, 4) is 0 Å². The fourth-order valence-electron chi connectivity index (χ4n) is 5.60. The van der Waals surface area contributed by atoms with Gasteiger partial charge >= 0.3 is 0 Å². The molecule has 4 aliphatic rings. The van der Waals surface area contributed by atoms with E-state index >= 15 is 0 Å². The van der Waals surface area contributed by atoms with Gasteiger partial charge in [0.25, 0.3) is 5.56 Å². The molecular weight excluding hydrogens is 266 g/mol. The maximum absolute atomic E-state index is 12.8. The van der Waals surface area contributed by atoms with Gasteiger partial charge in [-0.05, 0) is 68.4 Å². The van der Waals surface area contributed by atoms with Gasteiger partial charge in [0.05, 0.1) is 15.6 Å². The van der Waals surface area contributed by atoms with Crippen LogP contribution in [0.1, 0.15) is 38.5 Å². The van der Waals surface area contributed by atoms with E-state index in [1.54, 1.807) is 11.5 Å². The number of nitrogens with zero attached hydrogens (tertiary/aromatic N) is 1. The smallest absolute Gasteiger partial charge is 0.268 e. The summed E-state index contributed by atoms with van der Waals surface area (Å²) in [7, 11) is 0. The van der Waals surface area contributed by atoms with Crippen LogP contribution in [0.15, 0.2) is 29.1 Å². The molecule has 1 aromatic heterocycles. The second-order valence-electron chi connectivity index (χ2n) is 7.33. The SMILES string of the molecule is O=c1c2ccccc2sn1C12CC3CC(CC(C3)C1)C2. The molecule has 3 heteroatoms. The molecule has 0 N–H and O–H groups in total. The van der Waals surface area contributed by atoms with Crippen molar-refractivity contribution in [2.24, 2.45) is 17.8 Å². The van der Waals surface area contributed by atoms with Crippen LogP contribution in [0.3, 0.4) is 0 Å². The molecule has 0 unspecified atom stereocenters. The van der Waals surface area contributed by atoms with Gasteiger partial charge in [0.2, 0.25) is 0 Å². The van der Waals surface area contributed by atoms with Crippen molar-refractivity contribution < 1.29 is 0 Å². The average Bonchev–Trinajstić information content (AvgIpc) is 2.76. The summed E-state index contributed by atoms with van der Waals surface area (Å²) in [5.41, 5.74) is 0.447. The minimum atomic E-state index is 0.176. The molecule has 1 aromatic carbocycles. The van der Waals surface area contributed by atoms with Crippen molar-refractivity contribution in [1.82, 2.24) is 3.96 Å². The number of hydrogen-bond donors (Lipinski definition) is 0. The summed E-state index contributed by atoms with van der Waals surface area (Å²) in [5, 5.41) is 0.924. The van der Waals surface area contributed by atoms with Crippen molar-refractivity contribution >= 4 is 21.6 Å². The minimum absolute atomic E-state index is 0.176. The lowest BCUT2D eigenvalue weighted by atomic mass is 9.53. The van der Waals surface area contributed by atoms with Crippen LogP contribution in [0.25, 0.3) is 10.1 Å². The lowest BCUT2D eigenvalue weighted by Gasteiger charge is -2.56. The van der Waals surface area contributed by atoms with Crippen molar-refractivity contribution in [2.75, 3.05) is 0 Å². The van der Waals surface area contributed by atoms with E-state index in [0.717, 1.165) is 27.8 Å². The van der Waals surface area contributed by atoms with E-state index in [4.69, 9.17) is 0 Å². The van der Waals surface area contributed by atoms with Crippen LogP contribution >= 0.6 is 11.5 Å². The molecular formula is C17H19NOS. The molecule has 0 amide bonds. The standard InChI is InChI=1S/C17H19NOS/c19-16-14-3-1-2-4-15(14)20-18(16)17-8-11-5-12(9-17)7-13(6-11)10-17/h1-4,11-13H,5-10H2. The van der Waals surface area contributed by atoms with Crippen molar-refractivity contribution in [2.45, 2.75) is 44.1 Å². The predicted octanol–water partition coefficient (Wildman–Crippen LogP) is 3.99. The van der Waals surface area contributed by atoms with Crippen molar-refractivity contribution in [3.05, 3.63) is 34.6 Å². The molecule has 2 aromatic rings. The highest BCUT2D eigenvalue weighted by atomic mass is 32.1. The van der Waals surface area contributed by atoms with E-state index in [0.29, 0.717) is 0 Å². The number of aromatic nitrogens is 1. The predicted molar refractivity (Wildman–Crippen MR) is 82.2 cm³/mol. The van der Waals surface area contributed by atoms with Gasteiger partial charge in [-0.15, -0.1) is 0 Å². The zero-order valence-corrected chi connectivity index (χ0v) is 12.4. The number of benzene rings is 1. The third-order valence-electron chi connectivity index (χ3n) is 5.93. The molecule has 20 heavy (non-hydrogen) atoms. The van der Waals surface area contributed by atoms with Gasteiger partial charge in [0, 0.05) is 0 Å². The molecule has 4 bridgehead atoms. The Kier molecular flexibility index (Phi) is 2.17. The number of fused-ring (bicyclic) bond motifs is 1. The van der Waals surface area contributed by atoms with Gasteiger partial charge in [-0.25, -0.2) is 0 Å². The van der Waals surface area contributed by atoms with Gasteiger partial charge in [-0.2, -0.15) is 0 Å². The Labute approximate surface area is 122 Å². The van der Waals surface area contributed by atoms with Gasteiger partial charge < -0.3 is 0 Å². The van der Waals surface area contributed by atoms with Crippen LogP contribution in [0.2, 0.25) is 0 Å². The van der Waals surface area contributed by atoms with E-state index in [2.05, 4.69) is 10.0 Å². The molecule has 0 spiro atoms. The summed E-state index contributed by atoms with van der Waals surface area (Å²) in [6.45, 7) is 0. The molecule has 104 valence electrons. The van der Waals surface area contributed by atoms with Crippen LogP contribution in [-0.2, 0) is 5.54 Å². The molecule has 0 radical (unpaired) electrons. The maximum atomic E-state index is 12.8. The molecule has 0 aliphatic heterocycles. The Balaban J connectivity index is 1.71. The molecule has 4 fully saturated rings. The molecule has 4 aliphatic carbocycles. The lowest BCUT2D eigenvalue weighted by Crippen LogP contribution is -2.53. The Morgan fingerprint density at radius 1 is 1.00 bits per heavy atom. The Bertz CT molecular complexity index is 705. The van der Waals surface area contributed by atoms with Gasteiger partial charge in [0.15, 0.2) is 0 Å². The molecule has 4 saturated carbocycles. The summed E-state index contributed by atoms with van der Waals surface area (Å²) in [6.07, 6.45) is 8.06. The van der Waals surface area contributed by atoms with E-state index in [1.165, 1.54) is 38.5 Å². The van der Waals surface area contributed by atoms with Crippen LogP contribution in [0.4, 0.5) is 0 Å². The van der Waals surface area contributed by atoms with E-state index in [9.17, 15) is 4.79 Å². The van der Waals surface area contributed by atoms with Gasteiger partial charge in [-0.1, -0.05) is 23.7 Å². The highest BCUT2D eigenvalue weighted by molar-refractivity contribution is 7.13. The normalized spacial score (nSPS) is 38.7. The average molecular weight is 285 g/mol. The highest BCUT2D eigenvalue weighted by Gasteiger charge is 2.52. The Morgan fingerprint density at radius 2 is 1.60 bits per heavy atom. The van der Waals surface area contributed by atoms with E-state index in [-0.39, 0.29) is 11.1 Å². The molecule has 6 rings (SSSR count). The first kappa shape index (κ1) is 11.6. The Hall–Kier alpha value is -1.09. The van der Waals surface area contributed by atoms with Crippen LogP contribution < -0.4 is 5.56 Å². The molecule has 2 nitrogen and oxygen atoms in total. The summed E-state index contributed by atoms with van der Waals surface area (Å²) in [4.78, 5) is 12.8. The summed E-state index contributed by atoms with van der Waals surface area (Å²) < 4.78 is 3.34. The summed E-state index contributed by atoms with van der Waals surface area (Å²) in [5.74, 6) is 2.66. The highest BCUT2D eigenvalue weighted by Crippen LogP contribution is 2.59. The summed E-state index contributed by atoms with van der Waals surface area (Å²) >= 11 is 1.72. The van der Waals surface area contributed by atoms with Crippen LogP contribution in [-0.4, -0.2) is 3.96 Å². The fourth-order valence-corrected chi connectivity index (χ4v) is 6.79. The topological polar surface area (TPSA) is 22.0 Å². The van der Waals surface area contributed by atoms with Crippen LogP contribution in [0, 0.1) is 17.8 Å².